The summed E-state index contributed by atoms with van der Waals surface area (Å²) in [4.78, 5) is 4.67. The Hall–Kier alpha value is -2.41. The number of fused-ring (bicyclic) bond motifs is 2. The lowest BCUT2D eigenvalue weighted by molar-refractivity contribution is 0.0172. The fourth-order valence-electron chi connectivity index (χ4n) is 4.23. The van der Waals surface area contributed by atoms with Crippen LogP contribution in [0.5, 0.6) is 5.75 Å². The second-order valence-corrected chi connectivity index (χ2v) is 6.98. The molecule has 0 aliphatic carbocycles. The predicted octanol–water partition coefficient (Wildman–Crippen LogP) is 2.80. The largest absolute Gasteiger partial charge is 0.493 e. The van der Waals surface area contributed by atoms with E-state index in [4.69, 9.17) is 14.2 Å². The standard InChI is InChI=1S/C21H22N2O4/c1-2-25-17-8-7-13-5-3-4-6-14(13)18(17)21-22-9-10-23(21)15-11-26-20-16(24)12-27-19(15)20/h3-10,15-16,19-20,24H,2,11-12H2,1H3/t15-,16-,19-,20-/m1/s1. The minimum atomic E-state index is -0.566. The van der Waals surface area contributed by atoms with Gasteiger partial charge in [-0.1, -0.05) is 30.3 Å². The number of aliphatic hydroxyl groups excluding tert-OH is 1. The van der Waals surface area contributed by atoms with Crippen LogP contribution in [0.25, 0.3) is 22.2 Å². The molecule has 2 aliphatic rings. The molecule has 3 aromatic rings. The molecule has 0 amide bonds. The van der Waals surface area contributed by atoms with Crippen molar-refractivity contribution in [1.29, 1.82) is 0 Å². The van der Waals surface area contributed by atoms with Gasteiger partial charge in [-0.2, -0.15) is 0 Å². The molecule has 2 aromatic carbocycles. The van der Waals surface area contributed by atoms with Gasteiger partial charge in [-0.05, 0) is 23.8 Å². The first kappa shape index (κ1) is 16.7. The molecule has 0 spiro atoms. The van der Waals surface area contributed by atoms with Crippen molar-refractivity contribution in [2.45, 2.75) is 31.3 Å². The van der Waals surface area contributed by atoms with Crippen LogP contribution in [0.2, 0.25) is 0 Å². The molecule has 140 valence electrons. The van der Waals surface area contributed by atoms with E-state index in [1.54, 1.807) is 6.20 Å². The lowest BCUT2D eigenvalue weighted by Gasteiger charge is -2.21. The van der Waals surface area contributed by atoms with Crippen molar-refractivity contribution < 1.29 is 19.3 Å². The molecule has 0 radical (unpaired) electrons. The summed E-state index contributed by atoms with van der Waals surface area (Å²) in [6.45, 7) is 3.37. The van der Waals surface area contributed by atoms with Crippen molar-refractivity contribution >= 4 is 10.8 Å². The Balaban J connectivity index is 1.65. The monoisotopic (exact) mass is 366 g/mol. The number of ether oxygens (including phenoxy) is 3. The highest BCUT2D eigenvalue weighted by Gasteiger charge is 2.48. The smallest absolute Gasteiger partial charge is 0.144 e. The van der Waals surface area contributed by atoms with E-state index in [1.165, 1.54) is 0 Å². The fraction of sp³-hybridized carbons (Fsp3) is 0.381. The number of benzene rings is 2. The summed E-state index contributed by atoms with van der Waals surface area (Å²) in [7, 11) is 0. The molecule has 5 rings (SSSR count). The number of nitrogens with zero attached hydrogens (tertiary/aromatic N) is 2. The average Bonchev–Trinajstić information content (AvgIpc) is 3.40. The van der Waals surface area contributed by atoms with Gasteiger partial charge in [-0.3, -0.25) is 0 Å². The Kier molecular flexibility index (Phi) is 4.11. The van der Waals surface area contributed by atoms with Crippen LogP contribution in [0.3, 0.4) is 0 Å². The highest BCUT2D eigenvalue weighted by atomic mass is 16.6. The zero-order chi connectivity index (χ0) is 18.4. The van der Waals surface area contributed by atoms with Crippen LogP contribution in [0.15, 0.2) is 48.8 Å². The Morgan fingerprint density at radius 3 is 2.89 bits per heavy atom. The topological polar surface area (TPSA) is 65.7 Å². The molecule has 0 unspecified atom stereocenters. The van der Waals surface area contributed by atoms with Crippen LogP contribution in [0.1, 0.15) is 13.0 Å². The Bertz CT molecular complexity index is 970. The Labute approximate surface area is 157 Å². The Morgan fingerprint density at radius 2 is 2.00 bits per heavy atom. The first-order chi connectivity index (χ1) is 13.3. The van der Waals surface area contributed by atoms with Crippen molar-refractivity contribution in [1.82, 2.24) is 9.55 Å². The van der Waals surface area contributed by atoms with Gasteiger partial charge < -0.3 is 23.9 Å². The summed E-state index contributed by atoms with van der Waals surface area (Å²) in [5.41, 5.74) is 0.974. The predicted molar refractivity (Wildman–Crippen MR) is 101 cm³/mol. The molecule has 3 heterocycles. The van der Waals surface area contributed by atoms with E-state index >= 15 is 0 Å². The van der Waals surface area contributed by atoms with E-state index in [2.05, 4.69) is 27.8 Å². The van der Waals surface area contributed by atoms with E-state index in [-0.39, 0.29) is 18.2 Å². The SMILES string of the molecule is CCOc1ccc2ccccc2c1-c1nccn1[C@@H]1CO[C@H]2[C@@H]1OC[C@H]2O. The first-order valence-electron chi connectivity index (χ1n) is 9.37. The summed E-state index contributed by atoms with van der Waals surface area (Å²) in [5, 5.41) is 12.3. The quantitative estimate of drug-likeness (QED) is 0.769. The average molecular weight is 366 g/mol. The number of aliphatic hydroxyl groups is 1. The van der Waals surface area contributed by atoms with Crippen molar-refractivity contribution in [3.8, 4) is 17.1 Å². The van der Waals surface area contributed by atoms with Gasteiger partial charge in [0.15, 0.2) is 0 Å². The van der Waals surface area contributed by atoms with Crippen molar-refractivity contribution in [3.63, 3.8) is 0 Å². The maximum atomic E-state index is 10.1. The van der Waals surface area contributed by atoms with Crippen molar-refractivity contribution in [2.24, 2.45) is 0 Å². The zero-order valence-corrected chi connectivity index (χ0v) is 15.1. The molecular weight excluding hydrogens is 344 g/mol. The second-order valence-electron chi connectivity index (χ2n) is 6.98. The molecule has 2 saturated heterocycles. The molecule has 27 heavy (non-hydrogen) atoms. The minimum absolute atomic E-state index is 0.0295. The van der Waals surface area contributed by atoms with Crippen molar-refractivity contribution in [3.05, 3.63) is 48.8 Å². The van der Waals surface area contributed by atoms with Crippen molar-refractivity contribution in [2.75, 3.05) is 19.8 Å². The molecule has 2 aliphatic heterocycles. The Morgan fingerprint density at radius 1 is 1.15 bits per heavy atom. The van der Waals surface area contributed by atoms with Gasteiger partial charge in [-0.15, -0.1) is 0 Å². The third kappa shape index (κ3) is 2.64. The van der Waals surface area contributed by atoms with Crippen LogP contribution >= 0.6 is 0 Å². The molecule has 1 N–H and O–H groups in total. The van der Waals surface area contributed by atoms with Gasteiger partial charge in [0.05, 0.1) is 31.4 Å². The number of aromatic nitrogens is 2. The van der Waals surface area contributed by atoms with Crippen LogP contribution in [0.4, 0.5) is 0 Å². The summed E-state index contributed by atoms with van der Waals surface area (Å²) < 4.78 is 19.7. The number of hydrogen-bond donors (Lipinski definition) is 1. The summed E-state index contributed by atoms with van der Waals surface area (Å²) in [5.74, 6) is 1.64. The third-order valence-electron chi connectivity index (χ3n) is 5.44. The molecule has 2 fully saturated rings. The van der Waals surface area contributed by atoms with Crippen LogP contribution in [-0.4, -0.2) is 52.8 Å². The number of rotatable bonds is 4. The highest BCUT2D eigenvalue weighted by Crippen LogP contribution is 2.40. The second kappa shape index (κ2) is 6.64. The third-order valence-corrected chi connectivity index (χ3v) is 5.44. The summed E-state index contributed by atoms with van der Waals surface area (Å²) in [6.07, 6.45) is 2.74. The van der Waals surface area contributed by atoms with E-state index in [9.17, 15) is 5.11 Å². The van der Waals surface area contributed by atoms with E-state index in [1.807, 2.05) is 31.3 Å². The fourth-order valence-corrected chi connectivity index (χ4v) is 4.23. The van der Waals surface area contributed by atoms with Crippen LogP contribution in [-0.2, 0) is 9.47 Å². The molecule has 1 aromatic heterocycles. The van der Waals surface area contributed by atoms with Crippen LogP contribution in [0, 0.1) is 0 Å². The zero-order valence-electron chi connectivity index (χ0n) is 15.1. The van der Waals surface area contributed by atoms with E-state index in [0.717, 1.165) is 27.9 Å². The van der Waals surface area contributed by atoms with Gasteiger partial charge in [0.2, 0.25) is 0 Å². The summed E-state index contributed by atoms with van der Waals surface area (Å²) in [6, 6.07) is 12.3. The lowest BCUT2D eigenvalue weighted by Crippen LogP contribution is -2.30. The van der Waals surface area contributed by atoms with Gasteiger partial charge >= 0.3 is 0 Å². The molecule has 0 bridgehead atoms. The highest BCUT2D eigenvalue weighted by molar-refractivity contribution is 5.98. The van der Waals surface area contributed by atoms with Gasteiger partial charge in [0, 0.05) is 12.4 Å². The first-order valence-corrected chi connectivity index (χ1v) is 9.37. The molecule has 0 saturated carbocycles. The minimum Gasteiger partial charge on any atom is -0.493 e. The maximum absolute atomic E-state index is 10.1. The molecule has 6 heteroatoms. The van der Waals surface area contributed by atoms with Gasteiger partial charge in [0.1, 0.15) is 29.9 Å². The molecule has 4 atom stereocenters. The molecular formula is C21H22N2O4. The molecule has 6 nitrogen and oxygen atoms in total. The lowest BCUT2D eigenvalue weighted by atomic mass is 10.0. The van der Waals surface area contributed by atoms with Gasteiger partial charge in [-0.25, -0.2) is 4.98 Å². The van der Waals surface area contributed by atoms with E-state index < -0.39 is 6.10 Å². The van der Waals surface area contributed by atoms with E-state index in [0.29, 0.717) is 19.8 Å². The number of imidazole rings is 1. The van der Waals surface area contributed by atoms with Crippen LogP contribution < -0.4 is 4.74 Å². The normalized spacial score (nSPS) is 27.2. The summed E-state index contributed by atoms with van der Waals surface area (Å²) >= 11 is 0. The van der Waals surface area contributed by atoms with Gasteiger partial charge in [0.25, 0.3) is 0 Å². The number of hydrogen-bond acceptors (Lipinski definition) is 5. The maximum Gasteiger partial charge on any atom is 0.144 e.